The van der Waals surface area contributed by atoms with E-state index < -0.39 is 24.6 Å². The van der Waals surface area contributed by atoms with Gasteiger partial charge in [0, 0.05) is 31.0 Å². The zero-order valence-corrected chi connectivity index (χ0v) is 21.8. The zero-order valence-electron chi connectivity index (χ0n) is 21.0. The number of aromatic nitrogens is 3. The summed E-state index contributed by atoms with van der Waals surface area (Å²) in [4.78, 5) is 30.7. The van der Waals surface area contributed by atoms with Gasteiger partial charge in [0.05, 0.1) is 11.3 Å². The van der Waals surface area contributed by atoms with E-state index >= 15 is 0 Å². The van der Waals surface area contributed by atoms with E-state index in [1.807, 2.05) is 19.2 Å². The fourth-order valence-corrected chi connectivity index (χ4v) is 4.48. The molecule has 2 aromatic heterocycles. The number of halogens is 3. The third-order valence-electron chi connectivity index (χ3n) is 5.96. The summed E-state index contributed by atoms with van der Waals surface area (Å²) in [5, 5.41) is 10.4. The molecule has 1 unspecified atom stereocenters. The van der Waals surface area contributed by atoms with E-state index in [2.05, 4.69) is 20.7 Å². The number of ether oxygens (including phenoxy) is 1. The number of alkyl halides is 3. The Kier molecular flexibility index (Phi) is 8.60. The summed E-state index contributed by atoms with van der Waals surface area (Å²) in [6.07, 6.45) is 0.622. The van der Waals surface area contributed by atoms with Crippen LogP contribution in [0.2, 0.25) is 0 Å². The van der Waals surface area contributed by atoms with Crippen LogP contribution in [0, 0.1) is 6.92 Å². The summed E-state index contributed by atoms with van der Waals surface area (Å²) in [5.74, 6) is 0.490. The van der Waals surface area contributed by atoms with Gasteiger partial charge < -0.3 is 15.4 Å². The van der Waals surface area contributed by atoms with Crippen molar-refractivity contribution in [3.05, 3.63) is 70.7 Å². The van der Waals surface area contributed by atoms with Crippen LogP contribution in [0.3, 0.4) is 0 Å². The smallest absolute Gasteiger partial charge is 0.422 e. The number of rotatable bonds is 10. The second kappa shape index (κ2) is 11.9. The first-order valence-corrected chi connectivity index (χ1v) is 13.5. The summed E-state index contributed by atoms with van der Waals surface area (Å²) in [6.45, 7) is 0.984. The van der Waals surface area contributed by atoms with E-state index in [9.17, 15) is 22.8 Å². The predicted octanol–water partition coefficient (Wildman–Crippen LogP) is 3.90. The molecule has 0 aliphatic carbocycles. The van der Waals surface area contributed by atoms with Crippen molar-refractivity contribution < 1.29 is 27.5 Å². The van der Waals surface area contributed by atoms with E-state index in [0.717, 1.165) is 16.9 Å². The Morgan fingerprint density at radius 1 is 1.29 bits per heavy atom. The molecule has 0 saturated heterocycles. The zero-order chi connectivity index (χ0) is 27.3. The first-order chi connectivity index (χ1) is 18.1. The Labute approximate surface area is 222 Å². The Hall–Kier alpha value is -3.54. The lowest BCUT2D eigenvalue weighted by Gasteiger charge is -2.23. The summed E-state index contributed by atoms with van der Waals surface area (Å²) in [7, 11) is 0. The number of aryl methyl sites for hydroxylation is 2. The predicted molar refractivity (Wildman–Crippen MR) is 138 cm³/mol. The maximum Gasteiger partial charge on any atom is 0.422 e. The number of pyridine rings is 1. The minimum atomic E-state index is -4.41. The van der Waals surface area contributed by atoms with Crippen molar-refractivity contribution >= 4 is 23.6 Å². The minimum Gasteiger partial charge on any atom is -0.484 e. The average Bonchev–Trinajstić information content (AvgIpc) is 3.27. The molecule has 2 N–H and O–H groups in total. The highest BCUT2D eigenvalue weighted by Crippen LogP contribution is 2.25. The Bertz CT molecular complexity index is 1290. The monoisotopic (exact) mass is 547 g/mol. The molecule has 3 aromatic rings. The van der Waals surface area contributed by atoms with Gasteiger partial charge in [-0.25, -0.2) is 9.67 Å². The molecule has 1 atom stereocenters. The molecule has 202 valence electrons. The van der Waals surface area contributed by atoms with Crippen LogP contribution in [-0.4, -0.2) is 64.0 Å². The SMILES string of the molecule is CSCCNC(=O)c1c2c(nn1-c1ccc(C)cn1)CC(CCc1cccc(OCC(F)(F)F)c1)NC2=O. The van der Waals surface area contributed by atoms with Crippen LogP contribution < -0.4 is 15.4 Å². The lowest BCUT2D eigenvalue weighted by atomic mass is 9.95. The standard InChI is InChI=1S/C26H28F3N5O3S/c1-16-6-9-21(31-14-16)34-23(25(36)30-10-11-38-2)22-20(33-34)13-18(32-24(22)35)8-7-17-4-3-5-19(12-17)37-15-26(27,28)29/h3-6,9,12,14,18H,7-8,10-11,13,15H2,1-2H3,(H,30,36)(H,32,35). The molecular formula is C26H28F3N5O3S. The van der Waals surface area contributed by atoms with E-state index in [0.29, 0.717) is 37.3 Å². The molecule has 2 amide bonds. The largest absolute Gasteiger partial charge is 0.484 e. The summed E-state index contributed by atoms with van der Waals surface area (Å²) >= 11 is 1.59. The molecule has 0 spiro atoms. The number of hydrogen-bond donors (Lipinski definition) is 2. The molecule has 0 bridgehead atoms. The molecule has 8 nitrogen and oxygen atoms in total. The number of fused-ring (bicyclic) bond motifs is 1. The molecule has 4 rings (SSSR count). The Morgan fingerprint density at radius 3 is 2.82 bits per heavy atom. The molecule has 0 fully saturated rings. The lowest BCUT2D eigenvalue weighted by Crippen LogP contribution is -2.42. The van der Waals surface area contributed by atoms with Crippen molar-refractivity contribution in [2.45, 2.75) is 38.4 Å². The summed E-state index contributed by atoms with van der Waals surface area (Å²) in [5.41, 5.74) is 2.60. The van der Waals surface area contributed by atoms with Gasteiger partial charge in [-0.05, 0) is 55.3 Å². The molecule has 0 saturated carbocycles. The van der Waals surface area contributed by atoms with Crippen LogP contribution in [0.4, 0.5) is 13.2 Å². The number of amides is 2. The molecule has 12 heteroatoms. The van der Waals surface area contributed by atoms with Crippen LogP contribution in [0.25, 0.3) is 5.82 Å². The first-order valence-electron chi connectivity index (χ1n) is 12.1. The van der Waals surface area contributed by atoms with Crippen molar-refractivity contribution in [3.8, 4) is 11.6 Å². The fraction of sp³-hybridized carbons (Fsp3) is 0.385. The van der Waals surface area contributed by atoms with Crippen molar-refractivity contribution in [1.29, 1.82) is 0 Å². The summed E-state index contributed by atoms with van der Waals surface area (Å²) < 4.78 is 43.7. The van der Waals surface area contributed by atoms with Crippen molar-refractivity contribution in [2.75, 3.05) is 25.2 Å². The highest BCUT2D eigenvalue weighted by Gasteiger charge is 2.35. The van der Waals surface area contributed by atoms with Crippen molar-refractivity contribution in [1.82, 2.24) is 25.4 Å². The van der Waals surface area contributed by atoms with Gasteiger partial charge in [0.25, 0.3) is 11.8 Å². The van der Waals surface area contributed by atoms with Gasteiger partial charge in [-0.3, -0.25) is 9.59 Å². The van der Waals surface area contributed by atoms with Crippen LogP contribution in [0.1, 0.15) is 44.1 Å². The molecular weight excluding hydrogens is 519 g/mol. The van der Waals surface area contributed by atoms with Crippen LogP contribution in [0.15, 0.2) is 42.6 Å². The van der Waals surface area contributed by atoms with Gasteiger partial charge in [-0.1, -0.05) is 18.2 Å². The van der Waals surface area contributed by atoms with E-state index in [1.165, 1.54) is 10.7 Å². The topological polar surface area (TPSA) is 98.1 Å². The van der Waals surface area contributed by atoms with E-state index in [-0.39, 0.29) is 23.0 Å². The second-order valence-corrected chi connectivity index (χ2v) is 9.97. The van der Waals surface area contributed by atoms with Gasteiger partial charge >= 0.3 is 6.18 Å². The maximum absolute atomic E-state index is 13.2. The number of nitrogens with zero attached hydrogens (tertiary/aromatic N) is 3. The number of thioether (sulfide) groups is 1. The van der Waals surface area contributed by atoms with Crippen LogP contribution in [0.5, 0.6) is 5.75 Å². The highest BCUT2D eigenvalue weighted by atomic mass is 32.2. The lowest BCUT2D eigenvalue weighted by molar-refractivity contribution is -0.153. The molecule has 1 aliphatic heterocycles. The first kappa shape index (κ1) is 27.5. The van der Waals surface area contributed by atoms with Crippen molar-refractivity contribution in [3.63, 3.8) is 0 Å². The average molecular weight is 548 g/mol. The second-order valence-electron chi connectivity index (χ2n) is 8.99. The fourth-order valence-electron chi connectivity index (χ4n) is 4.17. The molecule has 1 aromatic carbocycles. The number of hydrogen-bond acceptors (Lipinski definition) is 6. The molecule has 38 heavy (non-hydrogen) atoms. The molecule has 0 radical (unpaired) electrons. The van der Waals surface area contributed by atoms with Gasteiger partial charge in [-0.15, -0.1) is 0 Å². The quantitative estimate of drug-likeness (QED) is 0.374. The Balaban J connectivity index is 1.52. The normalized spacial score (nSPS) is 15.1. The number of nitrogens with one attached hydrogen (secondary N) is 2. The third-order valence-corrected chi connectivity index (χ3v) is 6.57. The highest BCUT2D eigenvalue weighted by molar-refractivity contribution is 7.98. The maximum atomic E-state index is 13.2. The van der Waals surface area contributed by atoms with Crippen LogP contribution in [-0.2, 0) is 12.8 Å². The third kappa shape index (κ3) is 6.85. The number of carbonyl (C=O) groups is 2. The number of benzene rings is 1. The van der Waals surface area contributed by atoms with Crippen LogP contribution >= 0.6 is 11.8 Å². The van der Waals surface area contributed by atoms with Gasteiger partial charge in [0.1, 0.15) is 11.4 Å². The Morgan fingerprint density at radius 2 is 2.11 bits per heavy atom. The number of carbonyl (C=O) groups excluding carboxylic acids is 2. The minimum absolute atomic E-state index is 0.135. The van der Waals surface area contributed by atoms with Gasteiger partial charge in [0.15, 0.2) is 12.4 Å². The molecule has 3 heterocycles. The summed E-state index contributed by atoms with van der Waals surface area (Å²) in [6, 6.07) is 9.81. The van der Waals surface area contributed by atoms with E-state index in [1.54, 1.807) is 42.2 Å². The van der Waals surface area contributed by atoms with Gasteiger partial charge in [-0.2, -0.15) is 30.0 Å². The van der Waals surface area contributed by atoms with Gasteiger partial charge in [0.2, 0.25) is 0 Å². The van der Waals surface area contributed by atoms with Crippen molar-refractivity contribution in [2.24, 2.45) is 0 Å². The van der Waals surface area contributed by atoms with E-state index in [4.69, 9.17) is 4.74 Å². The molecule has 1 aliphatic rings.